The molecule has 0 amide bonds. The smallest absolute Gasteiger partial charge is 0.313 e. The van der Waals surface area contributed by atoms with E-state index in [4.69, 9.17) is 15.1 Å². The summed E-state index contributed by atoms with van der Waals surface area (Å²) in [5.74, 6) is -1.03. The Balaban J connectivity index is 3.98. The van der Waals surface area contributed by atoms with Crippen LogP contribution < -0.4 is 0 Å². The van der Waals surface area contributed by atoms with E-state index in [1.807, 2.05) is 0 Å². The Bertz CT molecular complexity index is 298. The van der Waals surface area contributed by atoms with E-state index in [0.717, 1.165) is 0 Å². The molecule has 16 heavy (non-hydrogen) atoms. The number of hydrogen-bond donors (Lipinski definition) is 1. The summed E-state index contributed by atoms with van der Waals surface area (Å²) in [6.07, 6.45) is -1.66. The molecule has 0 spiro atoms. The molecule has 0 aliphatic heterocycles. The molecule has 0 unspecified atom stereocenters. The van der Waals surface area contributed by atoms with Crippen LogP contribution in [0.15, 0.2) is 0 Å². The number of aliphatic hydroxyl groups is 1. The minimum Gasteiger partial charge on any atom is -0.460 e. The highest BCUT2D eigenvalue weighted by molar-refractivity contribution is 5.95. The maximum absolute atomic E-state index is 11.3. The van der Waals surface area contributed by atoms with Crippen LogP contribution in [0.5, 0.6) is 0 Å². The molecule has 0 heterocycles. The Morgan fingerprint density at radius 3 is 2.44 bits per heavy atom. The lowest BCUT2D eigenvalue weighted by atomic mass is 10.1. The van der Waals surface area contributed by atoms with Gasteiger partial charge >= 0.3 is 5.97 Å². The molecule has 0 saturated carbocycles. The van der Waals surface area contributed by atoms with Crippen LogP contribution in [-0.4, -0.2) is 28.6 Å². The van der Waals surface area contributed by atoms with Crippen LogP contribution in [-0.2, 0) is 14.3 Å². The third-order valence-electron chi connectivity index (χ3n) is 1.55. The average Bonchev–Trinajstić information content (AvgIpc) is 1.98. The number of Topliss-reactive ketones (excluding diaryl/α,β-unsaturated/α-hetero) is 1. The van der Waals surface area contributed by atoms with Crippen molar-refractivity contribution in [3.8, 4) is 6.07 Å². The minimum atomic E-state index is -1.00. The molecule has 90 valence electrons. The highest BCUT2D eigenvalue weighted by atomic mass is 16.6. The molecule has 0 aromatic carbocycles. The van der Waals surface area contributed by atoms with E-state index >= 15 is 0 Å². The highest BCUT2D eigenvalue weighted by Gasteiger charge is 2.20. The second-order valence-corrected chi connectivity index (χ2v) is 4.52. The Morgan fingerprint density at radius 1 is 1.44 bits per heavy atom. The van der Waals surface area contributed by atoms with Gasteiger partial charge < -0.3 is 9.84 Å². The second-order valence-electron chi connectivity index (χ2n) is 4.52. The maximum atomic E-state index is 11.3. The zero-order valence-corrected chi connectivity index (χ0v) is 9.82. The fourth-order valence-electron chi connectivity index (χ4n) is 1.05. The lowest BCUT2D eigenvalue weighted by Gasteiger charge is -2.19. The largest absolute Gasteiger partial charge is 0.460 e. The first-order valence-corrected chi connectivity index (χ1v) is 5.03. The van der Waals surface area contributed by atoms with Crippen LogP contribution in [0.2, 0.25) is 0 Å². The van der Waals surface area contributed by atoms with E-state index in [0.29, 0.717) is 0 Å². The molecular weight excluding hydrogens is 210 g/mol. The van der Waals surface area contributed by atoms with E-state index < -0.39 is 23.5 Å². The molecule has 0 saturated heterocycles. The van der Waals surface area contributed by atoms with Gasteiger partial charge in [0.2, 0.25) is 0 Å². The lowest BCUT2D eigenvalue weighted by molar-refractivity contribution is -0.156. The molecule has 0 aliphatic carbocycles. The molecule has 0 bridgehead atoms. The maximum Gasteiger partial charge on any atom is 0.313 e. The SMILES string of the molecule is CC(C)(C)OC(=O)CC(=O)C[C@@H](O)CC#N. The van der Waals surface area contributed by atoms with Crippen LogP contribution in [0.25, 0.3) is 0 Å². The van der Waals surface area contributed by atoms with Crippen molar-refractivity contribution in [3.63, 3.8) is 0 Å². The molecule has 0 rings (SSSR count). The number of aliphatic hydroxyl groups excluding tert-OH is 1. The van der Waals surface area contributed by atoms with Gasteiger partial charge in [0.1, 0.15) is 17.8 Å². The van der Waals surface area contributed by atoms with Crippen LogP contribution in [0.1, 0.15) is 40.0 Å². The summed E-state index contributed by atoms with van der Waals surface area (Å²) in [6, 6.07) is 1.75. The molecule has 5 heteroatoms. The predicted octanol–water partition coefficient (Wildman–Crippen LogP) is 0.952. The number of nitrogens with zero attached hydrogens (tertiary/aromatic N) is 1. The van der Waals surface area contributed by atoms with Gasteiger partial charge in [0.05, 0.1) is 18.6 Å². The van der Waals surface area contributed by atoms with Crippen molar-refractivity contribution in [1.29, 1.82) is 5.26 Å². The Labute approximate surface area is 95.0 Å². The molecule has 1 N–H and O–H groups in total. The summed E-state index contributed by atoms with van der Waals surface area (Å²) < 4.78 is 4.94. The van der Waals surface area contributed by atoms with Crippen LogP contribution >= 0.6 is 0 Å². The van der Waals surface area contributed by atoms with E-state index in [9.17, 15) is 9.59 Å². The summed E-state index contributed by atoms with van der Waals surface area (Å²) in [7, 11) is 0. The van der Waals surface area contributed by atoms with Gasteiger partial charge in [-0.2, -0.15) is 5.26 Å². The number of ether oxygens (including phenoxy) is 1. The quantitative estimate of drug-likeness (QED) is 0.558. The molecule has 1 atom stereocenters. The minimum absolute atomic E-state index is 0.111. The van der Waals surface area contributed by atoms with Gasteiger partial charge in [-0.25, -0.2) is 0 Å². The summed E-state index contributed by atoms with van der Waals surface area (Å²) in [5.41, 5.74) is -0.622. The van der Waals surface area contributed by atoms with Crippen molar-refractivity contribution in [2.45, 2.75) is 51.7 Å². The van der Waals surface area contributed by atoms with Crippen LogP contribution in [0, 0.1) is 11.3 Å². The van der Waals surface area contributed by atoms with Crippen LogP contribution in [0.4, 0.5) is 0 Å². The molecule has 0 radical (unpaired) electrons. The van der Waals surface area contributed by atoms with E-state index in [1.54, 1.807) is 26.8 Å². The number of nitriles is 1. The highest BCUT2D eigenvalue weighted by Crippen LogP contribution is 2.09. The zero-order valence-electron chi connectivity index (χ0n) is 9.82. The fraction of sp³-hybridized carbons (Fsp3) is 0.727. The molecule has 5 nitrogen and oxygen atoms in total. The number of carbonyl (C=O) groups is 2. The van der Waals surface area contributed by atoms with Gasteiger partial charge in [-0.1, -0.05) is 0 Å². The monoisotopic (exact) mass is 227 g/mol. The first kappa shape index (κ1) is 14.6. The molecule has 0 fully saturated rings. The molecular formula is C11H17NO4. The van der Waals surface area contributed by atoms with E-state index in [1.165, 1.54) is 0 Å². The first-order valence-electron chi connectivity index (χ1n) is 5.03. The predicted molar refractivity (Wildman–Crippen MR) is 56.3 cm³/mol. The normalized spacial score (nSPS) is 12.7. The van der Waals surface area contributed by atoms with Gasteiger partial charge in [-0.15, -0.1) is 0 Å². The molecule has 0 aromatic heterocycles. The first-order chi connectivity index (χ1) is 7.24. The Kier molecular flexibility index (Phi) is 5.68. The van der Waals surface area contributed by atoms with E-state index in [2.05, 4.69) is 0 Å². The van der Waals surface area contributed by atoms with Gasteiger partial charge in [0.25, 0.3) is 0 Å². The number of hydrogen-bond acceptors (Lipinski definition) is 5. The summed E-state index contributed by atoms with van der Waals surface area (Å²) in [5, 5.41) is 17.4. The summed E-state index contributed by atoms with van der Waals surface area (Å²) in [4.78, 5) is 22.5. The lowest BCUT2D eigenvalue weighted by Crippen LogP contribution is -2.26. The third kappa shape index (κ3) is 7.94. The molecule has 0 aliphatic rings. The van der Waals surface area contributed by atoms with Crippen molar-refractivity contribution in [1.82, 2.24) is 0 Å². The van der Waals surface area contributed by atoms with Crippen molar-refractivity contribution < 1.29 is 19.4 Å². The topological polar surface area (TPSA) is 87.4 Å². The van der Waals surface area contributed by atoms with Gasteiger partial charge in [-0.3, -0.25) is 9.59 Å². The van der Waals surface area contributed by atoms with E-state index in [-0.39, 0.29) is 19.3 Å². The number of carbonyl (C=O) groups excluding carboxylic acids is 2. The van der Waals surface area contributed by atoms with Crippen LogP contribution in [0.3, 0.4) is 0 Å². The summed E-state index contributed by atoms with van der Waals surface area (Å²) >= 11 is 0. The molecule has 0 aromatic rings. The van der Waals surface area contributed by atoms with Crippen molar-refractivity contribution in [2.75, 3.05) is 0 Å². The zero-order chi connectivity index (χ0) is 12.8. The second kappa shape index (κ2) is 6.23. The van der Waals surface area contributed by atoms with Crippen molar-refractivity contribution >= 4 is 11.8 Å². The Hall–Kier alpha value is -1.41. The summed E-state index contributed by atoms with van der Waals surface area (Å²) in [6.45, 7) is 5.12. The van der Waals surface area contributed by atoms with Crippen molar-refractivity contribution in [2.24, 2.45) is 0 Å². The van der Waals surface area contributed by atoms with Gasteiger partial charge in [0.15, 0.2) is 0 Å². The fourth-order valence-corrected chi connectivity index (χ4v) is 1.05. The van der Waals surface area contributed by atoms with Gasteiger partial charge in [-0.05, 0) is 20.8 Å². The number of ketones is 1. The van der Waals surface area contributed by atoms with Crippen molar-refractivity contribution in [3.05, 3.63) is 0 Å². The van der Waals surface area contributed by atoms with Gasteiger partial charge in [0, 0.05) is 6.42 Å². The number of rotatable bonds is 5. The average molecular weight is 227 g/mol. The standard InChI is InChI=1S/C11H17NO4/c1-11(2,3)16-10(15)7-9(14)6-8(13)4-5-12/h8,13H,4,6-7H2,1-3H3/t8-/m0/s1. The number of esters is 1. The Morgan fingerprint density at radius 2 is 2.00 bits per heavy atom. The third-order valence-corrected chi connectivity index (χ3v) is 1.55.